The average Bonchev–Trinajstić information content (AvgIpc) is 3.13. The molecular weight excluding hydrogens is 462 g/mol. The minimum Gasteiger partial charge on any atom is -0.507 e. The van der Waals surface area contributed by atoms with Crippen LogP contribution in [-0.2, 0) is 14.3 Å². The highest BCUT2D eigenvalue weighted by Gasteiger charge is 2.46. The zero-order valence-electron chi connectivity index (χ0n) is 21.4. The molecule has 0 bridgehead atoms. The summed E-state index contributed by atoms with van der Waals surface area (Å²) >= 11 is 0. The Morgan fingerprint density at radius 2 is 1.61 bits per heavy atom. The SMILES string of the molecule is CCCCOc1ccc(C2/C(=C(/O)c3ccc(OCC)cc3OCC)C(=O)C(=O)N2CCOC)cc1. The highest BCUT2D eigenvalue weighted by Crippen LogP contribution is 2.41. The van der Waals surface area contributed by atoms with Gasteiger partial charge >= 0.3 is 0 Å². The van der Waals surface area contributed by atoms with Crippen molar-refractivity contribution in [1.29, 1.82) is 0 Å². The van der Waals surface area contributed by atoms with Gasteiger partial charge in [0.1, 0.15) is 23.0 Å². The Morgan fingerprint density at radius 1 is 0.917 bits per heavy atom. The van der Waals surface area contributed by atoms with Crippen LogP contribution in [0.5, 0.6) is 17.2 Å². The summed E-state index contributed by atoms with van der Waals surface area (Å²) in [7, 11) is 1.53. The maximum Gasteiger partial charge on any atom is 0.295 e. The molecule has 1 unspecified atom stereocenters. The van der Waals surface area contributed by atoms with E-state index in [9.17, 15) is 14.7 Å². The van der Waals surface area contributed by atoms with Gasteiger partial charge in [-0.1, -0.05) is 25.5 Å². The van der Waals surface area contributed by atoms with Gasteiger partial charge in [0, 0.05) is 19.7 Å². The first kappa shape index (κ1) is 27.1. The van der Waals surface area contributed by atoms with Crippen LogP contribution in [0.3, 0.4) is 0 Å². The lowest BCUT2D eigenvalue weighted by Crippen LogP contribution is -2.32. The summed E-state index contributed by atoms with van der Waals surface area (Å²) < 4.78 is 22.2. The lowest BCUT2D eigenvalue weighted by Gasteiger charge is -2.25. The molecule has 8 heteroatoms. The van der Waals surface area contributed by atoms with E-state index in [1.54, 1.807) is 18.2 Å². The van der Waals surface area contributed by atoms with Crippen molar-refractivity contribution in [3.8, 4) is 17.2 Å². The largest absolute Gasteiger partial charge is 0.507 e. The molecule has 1 aliphatic heterocycles. The van der Waals surface area contributed by atoms with Crippen LogP contribution in [0.25, 0.3) is 5.76 Å². The van der Waals surface area contributed by atoms with Gasteiger partial charge in [-0.25, -0.2) is 0 Å². The molecule has 1 saturated heterocycles. The lowest BCUT2D eigenvalue weighted by atomic mass is 9.95. The first-order valence-electron chi connectivity index (χ1n) is 12.4. The number of aliphatic hydroxyl groups excluding tert-OH is 1. The normalized spacial score (nSPS) is 16.9. The summed E-state index contributed by atoms with van der Waals surface area (Å²) in [4.78, 5) is 27.7. The molecule has 0 spiro atoms. The fourth-order valence-electron chi connectivity index (χ4n) is 4.10. The van der Waals surface area contributed by atoms with Gasteiger partial charge in [-0.05, 0) is 50.1 Å². The molecule has 0 saturated carbocycles. The number of likely N-dealkylation sites (tertiary alicyclic amines) is 1. The van der Waals surface area contributed by atoms with E-state index >= 15 is 0 Å². The van der Waals surface area contributed by atoms with E-state index in [0.29, 0.717) is 48.2 Å². The van der Waals surface area contributed by atoms with Crippen molar-refractivity contribution in [2.45, 2.75) is 39.7 Å². The Labute approximate surface area is 212 Å². The predicted molar refractivity (Wildman–Crippen MR) is 137 cm³/mol. The zero-order chi connectivity index (χ0) is 26.1. The molecule has 8 nitrogen and oxygen atoms in total. The summed E-state index contributed by atoms with van der Waals surface area (Å²) in [6.07, 6.45) is 1.98. The summed E-state index contributed by atoms with van der Waals surface area (Å²) in [6.45, 7) is 7.66. The number of rotatable bonds is 13. The standard InChI is InChI=1S/C28H35NO7/c1-5-8-16-36-20-11-9-19(10-12-20)25-24(27(31)28(32)29(25)15-17-33-4)26(30)22-14-13-21(34-6-2)18-23(22)35-7-3/h9-14,18,25,30H,5-8,15-17H2,1-4H3/b26-24-. The Morgan fingerprint density at radius 3 is 2.25 bits per heavy atom. The number of methoxy groups -OCH3 is 1. The van der Waals surface area contributed by atoms with Crippen LogP contribution in [0.2, 0.25) is 0 Å². The third kappa shape index (κ3) is 5.99. The number of Topliss-reactive ketones (excluding diaryl/α,β-unsaturated/α-hetero) is 1. The first-order chi connectivity index (χ1) is 17.5. The fraction of sp³-hybridized carbons (Fsp3) is 0.429. The van der Waals surface area contributed by atoms with Gasteiger partial charge in [0.15, 0.2) is 0 Å². The molecule has 36 heavy (non-hydrogen) atoms. The molecule has 0 radical (unpaired) electrons. The van der Waals surface area contributed by atoms with Crippen molar-refractivity contribution in [3.05, 3.63) is 59.2 Å². The Balaban J connectivity index is 2.09. The lowest BCUT2D eigenvalue weighted by molar-refractivity contribution is -0.140. The second-order valence-electron chi connectivity index (χ2n) is 8.28. The summed E-state index contributed by atoms with van der Waals surface area (Å²) in [6, 6.07) is 11.5. The smallest absolute Gasteiger partial charge is 0.295 e. The molecule has 0 aromatic heterocycles. The molecule has 1 N–H and O–H groups in total. The predicted octanol–water partition coefficient (Wildman–Crippen LogP) is 4.73. The molecule has 1 fully saturated rings. The second-order valence-corrected chi connectivity index (χ2v) is 8.28. The molecule has 1 atom stereocenters. The molecule has 1 heterocycles. The molecule has 2 aromatic rings. The summed E-state index contributed by atoms with van der Waals surface area (Å²) in [5.41, 5.74) is 0.994. The van der Waals surface area contributed by atoms with Crippen molar-refractivity contribution in [1.82, 2.24) is 4.90 Å². The van der Waals surface area contributed by atoms with Crippen LogP contribution in [0.4, 0.5) is 0 Å². The fourth-order valence-corrected chi connectivity index (χ4v) is 4.10. The van der Waals surface area contributed by atoms with Crippen LogP contribution < -0.4 is 14.2 Å². The first-order valence-corrected chi connectivity index (χ1v) is 12.4. The third-order valence-corrected chi connectivity index (χ3v) is 5.86. The molecule has 2 aromatic carbocycles. The monoisotopic (exact) mass is 497 g/mol. The number of ketones is 1. The molecule has 3 rings (SSSR count). The number of carbonyl (C=O) groups is 2. The molecule has 194 valence electrons. The number of ether oxygens (including phenoxy) is 4. The molecule has 1 aliphatic rings. The number of aliphatic hydroxyl groups is 1. The summed E-state index contributed by atoms with van der Waals surface area (Å²) in [5.74, 6) is -0.103. The van der Waals surface area contributed by atoms with Crippen LogP contribution in [-0.4, -0.2) is 61.8 Å². The van der Waals surface area contributed by atoms with E-state index < -0.39 is 17.7 Å². The Hall–Kier alpha value is -3.52. The van der Waals surface area contributed by atoms with Crippen LogP contribution >= 0.6 is 0 Å². The van der Waals surface area contributed by atoms with Crippen molar-refractivity contribution in [2.24, 2.45) is 0 Å². The highest BCUT2D eigenvalue weighted by molar-refractivity contribution is 6.46. The van der Waals surface area contributed by atoms with Gasteiger partial charge in [-0.2, -0.15) is 0 Å². The quantitative estimate of drug-likeness (QED) is 0.185. The number of unbranched alkanes of at least 4 members (excludes halogenated alkanes) is 1. The summed E-state index contributed by atoms with van der Waals surface area (Å²) in [5, 5.41) is 11.4. The van der Waals surface area contributed by atoms with E-state index in [1.807, 2.05) is 38.1 Å². The molecule has 1 amide bonds. The number of nitrogens with zero attached hydrogens (tertiary/aromatic N) is 1. The van der Waals surface area contributed by atoms with E-state index in [4.69, 9.17) is 18.9 Å². The molecular formula is C28H35NO7. The van der Waals surface area contributed by atoms with Gasteiger partial charge in [0.25, 0.3) is 11.7 Å². The van der Waals surface area contributed by atoms with Crippen molar-refractivity contribution < 1.29 is 33.6 Å². The van der Waals surface area contributed by atoms with Gasteiger partial charge in [0.05, 0.1) is 43.6 Å². The number of hydrogen-bond acceptors (Lipinski definition) is 7. The van der Waals surface area contributed by atoms with Gasteiger partial charge in [0.2, 0.25) is 0 Å². The van der Waals surface area contributed by atoms with Crippen molar-refractivity contribution in [2.75, 3.05) is 40.1 Å². The Kier molecular flexibility index (Phi) is 9.76. The zero-order valence-corrected chi connectivity index (χ0v) is 21.4. The van der Waals surface area contributed by atoms with Gasteiger partial charge in [-0.15, -0.1) is 0 Å². The number of amides is 1. The maximum atomic E-state index is 13.2. The third-order valence-electron chi connectivity index (χ3n) is 5.86. The van der Waals surface area contributed by atoms with Gasteiger partial charge < -0.3 is 29.0 Å². The van der Waals surface area contributed by atoms with Crippen molar-refractivity contribution >= 4 is 17.4 Å². The van der Waals surface area contributed by atoms with Crippen LogP contribution in [0, 0.1) is 0 Å². The minimum absolute atomic E-state index is 0.000803. The van der Waals surface area contributed by atoms with E-state index in [2.05, 4.69) is 6.92 Å². The highest BCUT2D eigenvalue weighted by atomic mass is 16.5. The topological polar surface area (TPSA) is 94.5 Å². The van der Waals surface area contributed by atoms with Crippen LogP contribution in [0.15, 0.2) is 48.0 Å². The van der Waals surface area contributed by atoms with E-state index in [0.717, 1.165) is 12.8 Å². The van der Waals surface area contributed by atoms with Gasteiger partial charge in [-0.3, -0.25) is 9.59 Å². The number of hydrogen-bond donors (Lipinski definition) is 1. The minimum atomic E-state index is -0.786. The van der Waals surface area contributed by atoms with E-state index in [-0.39, 0.29) is 24.5 Å². The molecule has 0 aliphatic carbocycles. The number of benzene rings is 2. The van der Waals surface area contributed by atoms with E-state index in [1.165, 1.54) is 12.0 Å². The van der Waals surface area contributed by atoms with Crippen molar-refractivity contribution in [3.63, 3.8) is 0 Å². The number of carbonyl (C=O) groups excluding carboxylic acids is 2. The van der Waals surface area contributed by atoms with Crippen LogP contribution in [0.1, 0.15) is 50.8 Å². The second kappa shape index (κ2) is 13.0. The maximum absolute atomic E-state index is 13.2. The Bertz CT molecular complexity index is 1080. The average molecular weight is 498 g/mol.